The molecule has 5 nitrogen and oxygen atoms in total. The van der Waals surface area contributed by atoms with Gasteiger partial charge in [-0.1, -0.05) is 18.2 Å². The summed E-state index contributed by atoms with van der Waals surface area (Å²) in [6.45, 7) is 6.59. The maximum atomic E-state index is 12.1. The van der Waals surface area contributed by atoms with Crippen LogP contribution in [0.15, 0.2) is 24.3 Å². The number of para-hydroxylation sites is 1. The Labute approximate surface area is 125 Å². The number of carbonyl (C=O) groups is 1. The Bertz CT molecular complexity index is 532. The van der Waals surface area contributed by atoms with Crippen molar-refractivity contribution in [1.29, 1.82) is 0 Å². The lowest BCUT2D eigenvalue weighted by Gasteiger charge is -2.25. The number of amides is 1. The fourth-order valence-corrected chi connectivity index (χ4v) is 3.15. The molecule has 0 unspecified atom stereocenters. The third-order valence-electron chi connectivity index (χ3n) is 4.42. The van der Waals surface area contributed by atoms with Gasteiger partial charge in [0.05, 0.1) is 19.7 Å². The van der Waals surface area contributed by atoms with E-state index >= 15 is 0 Å². The van der Waals surface area contributed by atoms with Crippen LogP contribution >= 0.6 is 0 Å². The highest BCUT2D eigenvalue weighted by Gasteiger charge is 2.48. The molecule has 5 heteroatoms. The average Bonchev–Trinajstić information content (AvgIpc) is 2.99. The van der Waals surface area contributed by atoms with E-state index in [2.05, 4.69) is 18.7 Å². The van der Waals surface area contributed by atoms with Gasteiger partial charge in [-0.05, 0) is 19.9 Å². The first-order valence-corrected chi connectivity index (χ1v) is 7.43. The lowest BCUT2D eigenvalue weighted by molar-refractivity contribution is 0.114. The Balaban J connectivity index is 1.77. The Morgan fingerprint density at radius 1 is 1.33 bits per heavy atom. The van der Waals surface area contributed by atoms with Crippen molar-refractivity contribution in [2.24, 2.45) is 0 Å². The third kappa shape index (κ3) is 2.58. The number of carbonyl (C=O) groups excluding carboxylic acids is 1. The zero-order chi connectivity index (χ0) is 15.0. The average molecular weight is 290 g/mol. The fourth-order valence-electron chi connectivity index (χ4n) is 3.15. The molecule has 2 aliphatic heterocycles. The fraction of sp³-hybridized carbons (Fsp3) is 0.562. The summed E-state index contributed by atoms with van der Waals surface area (Å²) in [6.07, 6.45) is -0.214. The molecule has 0 spiro atoms. The molecule has 1 amide bonds. The first kappa shape index (κ1) is 14.2. The zero-order valence-corrected chi connectivity index (χ0v) is 12.8. The molecule has 2 fully saturated rings. The van der Waals surface area contributed by atoms with Gasteiger partial charge in [-0.2, -0.15) is 0 Å². The number of benzene rings is 1. The second kappa shape index (κ2) is 5.56. The first-order valence-electron chi connectivity index (χ1n) is 7.43. The lowest BCUT2D eigenvalue weighted by atomic mass is 10.1. The number of nitrogens with zero attached hydrogens (tertiary/aromatic N) is 2. The summed E-state index contributed by atoms with van der Waals surface area (Å²) in [6, 6.07) is 8.43. The standard InChI is InChI=1S/C16H22N2O3/c1-11(2)17-9-13-15(10-17)21-16(19)18(13)8-12-6-4-5-7-14(12)20-3/h4-7,11,13,15H,8-10H2,1-3H3/t13-,15+/m1/s1. The number of likely N-dealkylation sites (tertiary alicyclic amines) is 1. The molecule has 0 N–H and O–H groups in total. The number of hydrogen-bond donors (Lipinski definition) is 0. The highest BCUT2D eigenvalue weighted by atomic mass is 16.6. The molecule has 2 aliphatic rings. The molecule has 0 aromatic heterocycles. The summed E-state index contributed by atoms with van der Waals surface area (Å²) < 4.78 is 10.9. The van der Waals surface area contributed by atoms with E-state index in [0.29, 0.717) is 12.6 Å². The summed E-state index contributed by atoms with van der Waals surface area (Å²) in [5, 5.41) is 0. The van der Waals surface area contributed by atoms with Crippen LogP contribution in [0.3, 0.4) is 0 Å². The van der Waals surface area contributed by atoms with Crippen molar-refractivity contribution in [3.8, 4) is 5.75 Å². The minimum atomic E-state index is -0.209. The van der Waals surface area contributed by atoms with Gasteiger partial charge in [0, 0.05) is 24.7 Å². The van der Waals surface area contributed by atoms with Gasteiger partial charge in [0.2, 0.25) is 0 Å². The van der Waals surface area contributed by atoms with Crippen LogP contribution in [0.2, 0.25) is 0 Å². The second-order valence-corrected chi connectivity index (χ2v) is 5.98. The number of hydrogen-bond acceptors (Lipinski definition) is 4. The predicted octanol–water partition coefficient (Wildman–Crippen LogP) is 2.11. The van der Waals surface area contributed by atoms with E-state index in [4.69, 9.17) is 9.47 Å². The largest absolute Gasteiger partial charge is 0.496 e. The van der Waals surface area contributed by atoms with E-state index in [0.717, 1.165) is 24.4 Å². The molecule has 2 saturated heterocycles. The molecule has 0 aliphatic carbocycles. The van der Waals surface area contributed by atoms with Crippen LogP contribution in [-0.2, 0) is 11.3 Å². The molecule has 1 aromatic carbocycles. The van der Waals surface area contributed by atoms with E-state index in [9.17, 15) is 4.79 Å². The van der Waals surface area contributed by atoms with Crippen LogP contribution in [0.25, 0.3) is 0 Å². The van der Waals surface area contributed by atoms with Crippen molar-refractivity contribution in [3.05, 3.63) is 29.8 Å². The molecule has 114 valence electrons. The Morgan fingerprint density at radius 2 is 2.10 bits per heavy atom. The summed E-state index contributed by atoms with van der Waals surface area (Å²) >= 11 is 0. The van der Waals surface area contributed by atoms with Gasteiger partial charge in [0.1, 0.15) is 11.9 Å². The van der Waals surface area contributed by atoms with Crippen LogP contribution in [0.1, 0.15) is 19.4 Å². The van der Waals surface area contributed by atoms with E-state index in [-0.39, 0.29) is 18.2 Å². The van der Waals surface area contributed by atoms with Gasteiger partial charge in [-0.15, -0.1) is 0 Å². The molecule has 21 heavy (non-hydrogen) atoms. The summed E-state index contributed by atoms with van der Waals surface area (Å²) in [4.78, 5) is 16.3. The van der Waals surface area contributed by atoms with Crippen molar-refractivity contribution in [3.63, 3.8) is 0 Å². The van der Waals surface area contributed by atoms with Crippen LogP contribution < -0.4 is 4.74 Å². The van der Waals surface area contributed by atoms with Gasteiger partial charge in [0.15, 0.2) is 0 Å². The van der Waals surface area contributed by atoms with Gasteiger partial charge in [0.25, 0.3) is 0 Å². The summed E-state index contributed by atoms with van der Waals surface area (Å²) in [5.74, 6) is 0.812. The molecular formula is C16H22N2O3. The first-order chi connectivity index (χ1) is 10.1. The van der Waals surface area contributed by atoms with Crippen molar-refractivity contribution in [2.45, 2.75) is 38.6 Å². The lowest BCUT2D eigenvalue weighted by Crippen LogP contribution is -2.38. The Kier molecular flexibility index (Phi) is 3.76. The van der Waals surface area contributed by atoms with Gasteiger partial charge in [-0.3, -0.25) is 9.80 Å². The molecular weight excluding hydrogens is 268 g/mol. The number of rotatable bonds is 4. The van der Waals surface area contributed by atoms with Crippen molar-refractivity contribution in [2.75, 3.05) is 20.2 Å². The van der Waals surface area contributed by atoms with Crippen molar-refractivity contribution >= 4 is 6.09 Å². The normalized spacial score (nSPS) is 25.3. The third-order valence-corrected chi connectivity index (χ3v) is 4.42. The Morgan fingerprint density at radius 3 is 2.81 bits per heavy atom. The zero-order valence-electron chi connectivity index (χ0n) is 12.8. The van der Waals surface area contributed by atoms with E-state index in [1.165, 1.54) is 0 Å². The maximum absolute atomic E-state index is 12.1. The predicted molar refractivity (Wildman–Crippen MR) is 79.3 cm³/mol. The minimum Gasteiger partial charge on any atom is -0.496 e. The topological polar surface area (TPSA) is 42.0 Å². The Hall–Kier alpha value is -1.75. The number of fused-ring (bicyclic) bond motifs is 1. The highest BCUT2D eigenvalue weighted by molar-refractivity contribution is 5.71. The molecule has 3 rings (SSSR count). The van der Waals surface area contributed by atoms with Crippen LogP contribution in [-0.4, -0.2) is 54.3 Å². The summed E-state index contributed by atoms with van der Waals surface area (Å²) in [7, 11) is 1.65. The highest BCUT2D eigenvalue weighted by Crippen LogP contribution is 2.31. The molecule has 0 radical (unpaired) electrons. The quantitative estimate of drug-likeness (QED) is 0.851. The SMILES string of the molecule is COc1ccccc1CN1C(=O)O[C@H]2CN(C(C)C)C[C@H]21. The van der Waals surface area contributed by atoms with Crippen molar-refractivity contribution < 1.29 is 14.3 Å². The second-order valence-electron chi connectivity index (χ2n) is 5.98. The van der Waals surface area contributed by atoms with Gasteiger partial charge >= 0.3 is 6.09 Å². The van der Waals surface area contributed by atoms with E-state index < -0.39 is 0 Å². The van der Waals surface area contributed by atoms with Gasteiger partial charge < -0.3 is 9.47 Å². The monoisotopic (exact) mass is 290 g/mol. The number of methoxy groups -OCH3 is 1. The molecule has 2 heterocycles. The smallest absolute Gasteiger partial charge is 0.410 e. The summed E-state index contributed by atoms with van der Waals surface area (Å²) in [5.41, 5.74) is 1.01. The van der Waals surface area contributed by atoms with Crippen molar-refractivity contribution in [1.82, 2.24) is 9.80 Å². The van der Waals surface area contributed by atoms with E-state index in [1.54, 1.807) is 7.11 Å². The number of ether oxygens (including phenoxy) is 2. The molecule has 0 bridgehead atoms. The van der Waals surface area contributed by atoms with Crippen LogP contribution in [0.5, 0.6) is 5.75 Å². The van der Waals surface area contributed by atoms with Gasteiger partial charge in [-0.25, -0.2) is 4.79 Å². The van der Waals surface area contributed by atoms with E-state index in [1.807, 2.05) is 29.2 Å². The van der Waals surface area contributed by atoms with Crippen LogP contribution in [0.4, 0.5) is 4.79 Å². The molecule has 0 saturated carbocycles. The molecule has 2 atom stereocenters. The maximum Gasteiger partial charge on any atom is 0.410 e. The van der Waals surface area contributed by atoms with Crippen LogP contribution in [0, 0.1) is 0 Å². The molecule has 1 aromatic rings. The minimum absolute atomic E-state index is 0.00499.